The molecule has 3 aromatic rings. The molecule has 3 rings (SSSR count). The van der Waals surface area contributed by atoms with Gasteiger partial charge in [0.2, 0.25) is 10.0 Å². The molecule has 0 bridgehead atoms. The van der Waals surface area contributed by atoms with Gasteiger partial charge in [-0.15, -0.1) is 0 Å². The topological polar surface area (TPSA) is 105 Å². The summed E-state index contributed by atoms with van der Waals surface area (Å²) in [6.07, 6.45) is -3.51. The Bertz CT molecular complexity index is 1240. The number of nitrogens with one attached hydrogen (secondary N) is 2. The smallest absolute Gasteiger partial charge is 0.417 e. The fourth-order valence-electron chi connectivity index (χ4n) is 2.53. The molecule has 0 aliphatic rings. The van der Waals surface area contributed by atoms with E-state index >= 15 is 0 Å². The van der Waals surface area contributed by atoms with Crippen LogP contribution in [0.2, 0.25) is 0 Å². The summed E-state index contributed by atoms with van der Waals surface area (Å²) in [5.41, 5.74) is -1.55. The molecule has 0 aliphatic heterocycles. The monoisotopic (exact) mass is 460 g/mol. The first-order valence-corrected chi connectivity index (χ1v) is 11.3. The Hall–Kier alpha value is -2.83. The molecule has 12 heteroatoms. The van der Waals surface area contributed by atoms with Crippen molar-refractivity contribution < 1.29 is 34.4 Å². The van der Waals surface area contributed by atoms with Gasteiger partial charge in [0.25, 0.3) is 10.0 Å². The van der Waals surface area contributed by atoms with Crippen molar-refractivity contribution in [1.29, 1.82) is 0 Å². The summed E-state index contributed by atoms with van der Waals surface area (Å²) in [7, 11) is -8.67. The van der Waals surface area contributed by atoms with Gasteiger partial charge in [-0.2, -0.15) is 13.2 Å². The third kappa shape index (κ3) is 5.01. The van der Waals surface area contributed by atoms with E-state index in [-0.39, 0.29) is 17.1 Å². The van der Waals surface area contributed by atoms with Crippen molar-refractivity contribution in [3.63, 3.8) is 0 Å². The highest BCUT2D eigenvalue weighted by molar-refractivity contribution is 7.92. The zero-order valence-corrected chi connectivity index (χ0v) is 16.7. The summed E-state index contributed by atoms with van der Waals surface area (Å²) in [5, 5.41) is 0. The minimum atomic E-state index is -4.88. The van der Waals surface area contributed by atoms with Crippen LogP contribution in [0.5, 0.6) is 0 Å². The quantitative estimate of drug-likeness (QED) is 0.561. The van der Waals surface area contributed by atoms with Crippen LogP contribution in [0.4, 0.5) is 18.9 Å². The van der Waals surface area contributed by atoms with Crippen LogP contribution in [0.15, 0.2) is 81.1 Å². The highest BCUT2D eigenvalue weighted by Crippen LogP contribution is 2.34. The van der Waals surface area contributed by atoms with Gasteiger partial charge in [0.1, 0.15) is 5.76 Å². The Labute approximate surface area is 170 Å². The minimum Gasteiger partial charge on any atom is -0.468 e. The molecule has 7 nitrogen and oxygen atoms in total. The van der Waals surface area contributed by atoms with Crippen LogP contribution >= 0.6 is 0 Å². The normalized spacial score (nSPS) is 12.6. The van der Waals surface area contributed by atoms with Crippen LogP contribution in [0.3, 0.4) is 0 Å². The zero-order chi connectivity index (χ0) is 22.0. The second-order valence-corrected chi connectivity index (χ2v) is 9.45. The maximum atomic E-state index is 13.2. The highest BCUT2D eigenvalue weighted by atomic mass is 32.2. The van der Waals surface area contributed by atoms with Gasteiger partial charge in [-0.3, -0.25) is 4.72 Å². The van der Waals surface area contributed by atoms with E-state index in [2.05, 4.69) is 4.72 Å². The largest absolute Gasteiger partial charge is 0.468 e. The molecule has 0 saturated carbocycles. The van der Waals surface area contributed by atoms with Gasteiger partial charge in [-0.05, 0) is 42.5 Å². The third-order valence-electron chi connectivity index (χ3n) is 3.90. The summed E-state index contributed by atoms with van der Waals surface area (Å²) in [6, 6.07) is 11.5. The average Bonchev–Trinajstić information content (AvgIpc) is 3.19. The standard InChI is InChI=1S/C18H15F3N2O5S2/c19-18(20,21)16-8-1-2-9-17(16)30(26,27)23-13-5-3-7-15(11-13)29(24,25)22-12-14-6-4-10-28-14/h1-11,22-23H,12H2. The molecular formula is C18H15F3N2O5S2. The first-order valence-electron chi connectivity index (χ1n) is 8.30. The van der Waals surface area contributed by atoms with Gasteiger partial charge in [0.15, 0.2) is 0 Å². The van der Waals surface area contributed by atoms with Crippen molar-refractivity contribution in [1.82, 2.24) is 4.72 Å². The number of hydrogen-bond donors (Lipinski definition) is 2. The van der Waals surface area contributed by atoms with Gasteiger partial charge >= 0.3 is 6.18 Å². The number of halogens is 3. The SMILES string of the molecule is O=S(=O)(NCc1ccco1)c1cccc(NS(=O)(=O)c2ccccc2C(F)(F)F)c1. The molecule has 0 unspecified atom stereocenters. The number of rotatable bonds is 7. The van der Waals surface area contributed by atoms with E-state index in [4.69, 9.17) is 4.42 Å². The Morgan fingerprint density at radius 2 is 1.60 bits per heavy atom. The third-order valence-corrected chi connectivity index (χ3v) is 6.73. The molecule has 0 radical (unpaired) electrons. The lowest BCUT2D eigenvalue weighted by molar-refractivity contribution is -0.139. The number of hydrogen-bond acceptors (Lipinski definition) is 5. The van der Waals surface area contributed by atoms with Crippen molar-refractivity contribution in [3.05, 3.63) is 78.3 Å². The molecule has 30 heavy (non-hydrogen) atoms. The molecule has 0 amide bonds. The first-order chi connectivity index (χ1) is 14.0. The lowest BCUT2D eigenvalue weighted by Gasteiger charge is -2.15. The van der Waals surface area contributed by atoms with E-state index in [9.17, 15) is 30.0 Å². The number of furan rings is 1. The van der Waals surface area contributed by atoms with E-state index in [0.29, 0.717) is 11.8 Å². The molecule has 0 spiro atoms. The van der Waals surface area contributed by atoms with Crippen molar-refractivity contribution in [3.8, 4) is 0 Å². The Morgan fingerprint density at radius 1 is 0.867 bits per heavy atom. The molecule has 0 saturated heterocycles. The van der Waals surface area contributed by atoms with E-state index in [1.165, 1.54) is 24.5 Å². The maximum Gasteiger partial charge on any atom is 0.417 e. The van der Waals surface area contributed by atoms with E-state index in [1.807, 2.05) is 4.72 Å². The second-order valence-electron chi connectivity index (χ2n) is 6.03. The van der Waals surface area contributed by atoms with Crippen molar-refractivity contribution in [2.75, 3.05) is 4.72 Å². The van der Waals surface area contributed by atoms with Crippen molar-refractivity contribution in [2.45, 2.75) is 22.5 Å². The molecule has 2 N–H and O–H groups in total. The molecular weight excluding hydrogens is 445 g/mol. The minimum absolute atomic E-state index is 0.135. The molecule has 0 fully saturated rings. The summed E-state index contributed by atoms with van der Waals surface area (Å²) < 4.78 is 98.6. The van der Waals surface area contributed by atoms with Gasteiger partial charge in [0, 0.05) is 0 Å². The van der Waals surface area contributed by atoms with Crippen LogP contribution < -0.4 is 9.44 Å². The summed E-state index contributed by atoms with van der Waals surface area (Å²) in [6.45, 7) is -0.135. The Kier molecular flexibility index (Phi) is 5.92. The number of sulfonamides is 2. The lowest BCUT2D eigenvalue weighted by Crippen LogP contribution is -2.23. The van der Waals surface area contributed by atoms with Crippen LogP contribution in [-0.4, -0.2) is 16.8 Å². The van der Waals surface area contributed by atoms with E-state index in [1.54, 1.807) is 12.1 Å². The second kappa shape index (κ2) is 8.13. The predicted octanol–water partition coefficient (Wildman–Crippen LogP) is 3.58. The molecule has 1 aromatic heterocycles. The van der Waals surface area contributed by atoms with Crippen LogP contribution in [0, 0.1) is 0 Å². The predicted molar refractivity (Wildman–Crippen MR) is 101 cm³/mol. The molecule has 1 heterocycles. The van der Waals surface area contributed by atoms with Crippen molar-refractivity contribution >= 4 is 25.7 Å². The van der Waals surface area contributed by atoms with E-state index < -0.39 is 36.7 Å². The van der Waals surface area contributed by atoms with E-state index in [0.717, 1.165) is 24.3 Å². The van der Waals surface area contributed by atoms with Crippen LogP contribution in [0.1, 0.15) is 11.3 Å². The molecule has 2 aromatic carbocycles. The van der Waals surface area contributed by atoms with Gasteiger partial charge in [-0.1, -0.05) is 18.2 Å². The van der Waals surface area contributed by atoms with Crippen molar-refractivity contribution in [2.24, 2.45) is 0 Å². The maximum absolute atomic E-state index is 13.2. The fourth-order valence-corrected chi connectivity index (χ4v) is 4.85. The lowest BCUT2D eigenvalue weighted by atomic mass is 10.2. The Morgan fingerprint density at radius 3 is 2.27 bits per heavy atom. The van der Waals surface area contributed by atoms with Gasteiger partial charge in [0.05, 0.1) is 33.8 Å². The average molecular weight is 460 g/mol. The van der Waals surface area contributed by atoms with Gasteiger partial charge in [-0.25, -0.2) is 21.6 Å². The highest BCUT2D eigenvalue weighted by Gasteiger charge is 2.37. The summed E-state index contributed by atoms with van der Waals surface area (Å²) in [4.78, 5) is -1.25. The summed E-state index contributed by atoms with van der Waals surface area (Å²) >= 11 is 0. The number of anilines is 1. The Balaban J connectivity index is 1.86. The first kappa shape index (κ1) is 21.9. The van der Waals surface area contributed by atoms with Gasteiger partial charge < -0.3 is 4.42 Å². The zero-order valence-electron chi connectivity index (χ0n) is 15.0. The summed E-state index contributed by atoms with van der Waals surface area (Å²) in [5.74, 6) is 0.360. The molecule has 0 aliphatic carbocycles. The number of alkyl halides is 3. The molecule has 0 atom stereocenters. The van der Waals surface area contributed by atoms with Crippen LogP contribution in [0.25, 0.3) is 0 Å². The molecule has 160 valence electrons. The van der Waals surface area contributed by atoms with Crippen LogP contribution in [-0.2, 0) is 32.8 Å². The fraction of sp³-hybridized carbons (Fsp3) is 0.111. The number of benzene rings is 2.